The zero-order valence-corrected chi connectivity index (χ0v) is 13.8. The highest BCUT2D eigenvalue weighted by Crippen LogP contribution is 2.40. The molecule has 1 unspecified atom stereocenters. The summed E-state index contributed by atoms with van der Waals surface area (Å²) in [6.45, 7) is 2.09. The Balaban J connectivity index is 0.00000400. The van der Waals surface area contributed by atoms with Crippen molar-refractivity contribution in [2.45, 2.75) is 6.92 Å². The summed E-state index contributed by atoms with van der Waals surface area (Å²) in [6.07, 6.45) is 0. The minimum Gasteiger partial charge on any atom is -0.493 e. The SMILES string of the molecule is COc1cc(N(C)C(=O)C(C)CN)cc(OC)c1OC.Cl. The van der Waals surface area contributed by atoms with Crippen LogP contribution >= 0.6 is 12.4 Å². The molecule has 0 aliphatic carbocycles. The van der Waals surface area contributed by atoms with Crippen LogP contribution in [0.5, 0.6) is 17.2 Å². The first kappa shape index (κ1) is 19.3. The highest BCUT2D eigenvalue weighted by molar-refractivity contribution is 5.95. The Bertz CT molecular complexity index is 457. The Labute approximate surface area is 131 Å². The van der Waals surface area contributed by atoms with Crippen LogP contribution in [0.1, 0.15) is 6.92 Å². The molecule has 6 nitrogen and oxygen atoms in total. The van der Waals surface area contributed by atoms with E-state index in [0.29, 0.717) is 29.5 Å². The van der Waals surface area contributed by atoms with Crippen LogP contribution in [0.15, 0.2) is 12.1 Å². The van der Waals surface area contributed by atoms with E-state index in [1.165, 1.54) is 26.2 Å². The summed E-state index contributed by atoms with van der Waals surface area (Å²) in [5, 5.41) is 0. The number of hydrogen-bond donors (Lipinski definition) is 1. The van der Waals surface area contributed by atoms with E-state index in [0.717, 1.165) is 0 Å². The second-order valence-corrected chi connectivity index (χ2v) is 4.42. The molecule has 21 heavy (non-hydrogen) atoms. The number of nitrogens with two attached hydrogens (primary N) is 1. The Kier molecular flexibility index (Phi) is 7.91. The third-order valence-electron chi connectivity index (χ3n) is 3.14. The third kappa shape index (κ3) is 4.15. The molecule has 0 heterocycles. The zero-order chi connectivity index (χ0) is 15.3. The molecule has 2 N–H and O–H groups in total. The maximum Gasteiger partial charge on any atom is 0.230 e. The van der Waals surface area contributed by atoms with E-state index >= 15 is 0 Å². The standard InChI is InChI=1S/C14H22N2O4.ClH/c1-9(8-15)14(17)16(2)10-6-11(18-3)13(20-5)12(7-10)19-4;/h6-7,9H,8,15H2,1-5H3;1H. The number of methoxy groups -OCH3 is 3. The molecule has 1 aromatic rings. The summed E-state index contributed by atoms with van der Waals surface area (Å²) in [6, 6.07) is 3.45. The molecule has 120 valence electrons. The number of benzene rings is 1. The molecule has 0 spiro atoms. The Morgan fingerprint density at radius 3 is 2.00 bits per heavy atom. The molecular weight excluding hydrogens is 296 g/mol. The van der Waals surface area contributed by atoms with Gasteiger partial charge in [0.15, 0.2) is 11.5 Å². The maximum absolute atomic E-state index is 12.2. The summed E-state index contributed by atoms with van der Waals surface area (Å²) < 4.78 is 15.8. The predicted molar refractivity (Wildman–Crippen MR) is 85.0 cm³/mol. The first-order chi connectivity index (χ1) is 9.49. The number of anilines is 1. The van der Waals surface area contributed by atoms with Crippen LogP contribution in [0.25, 0.3) is 0 Å². The Morgan fingerprint density at radius 2 is 1.67 bits per heavy atom. The second kappa shape index (κ2) is 8.59. The van der Waals surface area contributed by atoms with Crippen molar-refractivity contribution in [3.63, 3.8) is 0 Å². The highest BCUT2D eigenvalue weighted by Gasteiger charge is 2.21. The molecule has 0 aromatic heterocycles. The van der Waals surface area contributed by atoms with Gasteiger partial charge in [0.1, 0.15) is 0 Å². The second-order valence-electron chi connectivity index (χ2n) is 4.42. The van der Waals surface area contributed by atoms with Crippen molar-refractivity contribution in [1.29, 1.82) is 0 Å². The van der Waals surface area contributed by atoms with Gasteiger partial charge in [-0.25, -0.2) is 0 Å². The normalized spacial score (nSPS) is 11.1. The zero-order valence-electron chi connectivity index (χ0n) is 13.0. The number of carbonyl (C=O) groups is 1. The smallest absolute Gasteiger partial charge is 0.230 e. The average Bonchev–Trinajstić information content (AvgIpc) is 2.50. The number of hydrogen-bond acceptors (Lipinski definition) is 5. The lowest BCUT2D eigenvalue weighted by Crippen LogP contribution is -2.35. The molecule has 1 amide bonds. The fraction of sp³-hybridized carbons (Fsp3) is 0.500. The Morgan fingerprint density at radius 1 is 1.19 bits per heavy atom. The number of carbonyl (C=O) groups excluding carboxylic acids is 1. The highest BCUT2D eigenvalue weighted by atomic mass is 35.5. The first-order valence-corrected chi connectivity index (χ1v) is 6.27. The molecule has 0 bridgehead atoms. The van der Waals surface area contributed by atoms with Gasteiger partial charge < -0.3 is 24.8 Å². The van der Waals surface area contributed by atoms with E-state index in [9.17, 15) is 4.79 Å². The average molecular weight is 319 g/mol. The number of rotatable bonds is 6. The van der Waals surface area contributed by atoms with Gasteiger partial charge in [-0.1, -0.05) is 6.92 Å². The minimum atomic E-state index is -0.251. The van der Waals surface area contributed by atoms with Gasteiger partial charge in [-0.15, -0.1) is 12.4 Å². The van der Waals surface area contributed by atoms with E-state index in [1.54, 1.807) is 26.1 Å². The number of amides is 1. The van der Waals surface area contributed by atoms with Crippen LogP contribution in [-0.4, -0.2) is 40.8 Å². The van der Waals surface area contributed by atoms with Gasteiger partial charge in [0, 0.05) is 31.6 Å². The lowest BCUT2D eigenvalue weighted by Gasteiger charge is -2.23. The molecule has 7 heteroatoms. The van der Waals surface area contributed by atoms with E-state index in [2.05, 4.69) is 0 Å². The first-order valence-electron chi connectivity index (χ1n) is 6.27. The van der Waals surface area contributed by atoms with Gasteiger partial charge in [0.05, 0.1) is 27.0 Å². The molecule has 0 radical (unpaired) electrons. The summed E-state index contributed by atoms with van der Waals surface area (Å²) in [5.41, 5.74) is 6.19. The molecule has 0 saturated heterocycles. The van der Waals surface area contributed by atoms with E-state index in [-0.39, 0.29) is 24.2 Å². The molecule has 0 aliphatic heterocycles. The van der Waals surface area contributed by atoms with Crippen LogP contribution in [-0.2, 0) is 4.79 Å². The summed E-state index contributed by atoms with van der Waals surface area (Å²) >= 11 is 0. The van der Waals surface area contributed by atoms with Crippen molar-refractivity contribution in [1.82, 2.24) is 0 Å². The molecule has 0 fully saturated rings. The van der Waals surface area contributed by atoms with Crippen LogP contribution in [0.3, 0.4) is 0 Å². The molecule has 0 aliphatic rings. The fourth-order valence-electron chi connectivity index (χ4n) is 1.82. The van der Waals surface area contributed by atoms with E-state index in [4.69, 9.17) is 19.9 Å². The monoisotopic (exact) mass is 318 g/mol. The minimum absolute atomic E-state index is 0. The maximum atomic E-state index is 12.2. The van der Waals surface area contributed by atoms with Gasteiger partial charge in [0.25, 0.3) is 0 Å². The molecule has 1 aromatic carbocycles. The van der Waals surface area contributed by atoms with Gasteiger partial charge >= 0.3 is 0 Å². The molecular formula is C14H23ClN2O4. The van der Waals surface area contributed by atoms with Crippen LogP contribution in [0, 0.1) is 5.92 Å². The molecule has 0 saturated carbocycles. The van der Waals surface area contributed by atoms with E-state index < -0.39 is 0 Å². The van der Waals surface area contributed by atoms with Gasteiger partial charge in [-0.3, -0.25) is 4.79 Å². The van der Waals surface area contributed by atoms with E-state index in [1.807, 2.05) is 0 Å². The van der Waals surface area contributed by atoms with Gasteiger partial charge in [-0.2, -0.15) is 0 Å². The Hall–Kier alpha value is -1.66. The largest absolute Gasteiger partial charge is 0.493 e. The van der Waals surface area contributed by atoms with Gasteiger partial charge in [0.2, 0.25) is 11.7 Å². The van der Waals surface area contributed by atoms with Crippen LogP contribution < -0.4 is 24.8 Å². The number of halogens is 1. The number of ether oxygens (including phenoxy) is 3. The summed E-state index contributed by atoms with van der Waals surface area (Å²) in [5.74, 6) is 1.18. The lowest BCUT2D eigenvalue weighted by molar-refractivity contribution is -0.121. The van der Waals surface area contributed by atoms with Crippen molar-refractivity contribution < 1.29 is 19.0 Å². The predicted octanol–water partition coefficient (Wildman–Crippen LogP) is 1.69. The van der Waals surface area contributed by atoms with Crippen molar-refractivity contribution in [3.05, 3.63) is 12.1 Å². The van der Waals surface area contributed by atoms with Crippen molar-refractivity contribution in [2.75, 3.05) is 39.8 Å². The topological polar surface area (TPSA) is 74.0 Å². The summed E-state index contributed by atoms with van der Waals surface area (Å²) in [4.78, 5) is 13.7. The van der Waals surface area contributed by atoms with Crippen molar-refractivity contribution in [2.24, 2.45) is 11.7 Å². The lowest BCUT2D eigenvalue weighted by atomic mass is 10.1. The van der Waals surface area contributed by atoms with Gasteiger partial charge in [-0.05, 0) is 0 Å². The molecule has 1 rings (SSSR count). The van der Waals surface area contributed by atoms with Crippen molar-refractivity contribution >= 4 is 24.0 Å². The quantitative estimate of drug-likeness (QED) is 0.864. The molecule has 1 atom stereocenters. The van der Waals surface area contributed by atoms with Crippen LogP contribution in [0.4, 0.5) is 5.69 Å². The van der Waals surface area contributed by atoms with Crippen LogP contribution in [0.2, 0.25) is 0 Å². The van der Waals surface area contributed by atoms with Crippen molar-refractivity contribution in [3.8, 4) is 17.2 Å². The third-order valence-corrected chi connectivity index (χ3v) is 3.14. The fourth-order valence-corrected chi connectivity index (χ4v) is 1.82. The summed E-state index contributed by atoms with van der Waals surface area (Å²) in [7, 11) is 6.29. The number of nitrogens with zero attached hydrogens (tertiary/aromatic N) is 1.